The standard InChI is InChI=1S/C9H10O2.ClH/c1-7(10)6-8-2-4-9(11)5-3-8;/h2-5,11H,6H2,1H3;1H. The molecular weight excluding hydrogens is 176 g/mol. The Hall–Kier alpha value is -1.02. The van der Waals surface area contributed by atoms with Gasteiger partial charge in [0.2, 0.25) is 0 Å². The lowest BCUT2D eigenvalue weighted by atomic mass is 10.1. The number of phenols is 1. The first-order valence-electron chi connectivity index (χ1n) is 3.46. The van der Waals surface area contributed by atoms with Crippen LogP contribution in [0.3, 0.4) is 0 Å². The number of hydrogen-bond donors (Lipinski definition) is 1. The molecule has 0 heterocycles. The molecule has 2 nitrogen and oxygen atoms in total. The van der Waals surface area contributed by atoms with Crippen molar-refractivity contribution in [2.24, 2.45) is 0 Å². The number of phenolic OH excluding ortho intramolecular Hbond substituents is 1. The van der Waals surface area contributed by atoms with E-state index < -0.39 is 0 Å². The molecule has 0 bridgehead atoms. The summed E-state index contributed by atoms with van der Waals surface area (Å²) >= 11 is 0. The van der Waals surface area contributed by atoms with Crippen molar-refractivity contribution < 1.29 is 9.90 Å². The van der Waals surface area contributed by atoms with Crippen molar-refractivity contribution >= 4 is 18.2 Å². The highest BCUT2D eigenvalue weighted by Gasteiger charge is 1.95. The van der Waals surface area contributed by atoms with Gasteiger partial charge in [0, 0.05) is 6.42 Å². The maximum atomic E-state index is 10.6. The lowest BCUT2D eigenvalue weighted by Gasteiger charge is -1.96. The van der Waals surface area contributed by atoms with Crippen molar-refractivity contribution in [1.82, 2.24) is 0 Å². The average Bonchev–Trinajstić information content (AvgIpc) is 1.93. The van der Waals surface area contributed by atoms with Crippen molar-refractivity contribution in [2.45, 2.75) is 13.3 Å². The lowest BCUT2D eigenvalue weighted by Crippen LogP contribution is -1.94. The minimum Gasteiger partial charge on any atom is -0.508 e. The van der Waals surface area contributed by atoms with Crippen molar-refractivity contribution in [3.63, 3.8) is 0 Å². The summed E-state index contributed by atoms with van der Waals surface area (Å²) < 4.78 is 0. The minimum absolute atomic E-state index is 0. The van der Waals surface area contributed by atoms with Crippen LogP contribution in [-0.4, -0.2) is 10.9 Å². The number of halogens is 1. The SMILES string of the molecule is CC(=O)Cc1ccc(O)cc1.Cl. The largest absolute Gasteiger partial charge is 0.508 e. The molecule has 0 saturated carbocycles. The average molecular weight is 187 g/mol. The molecule has 0 saturated heterocycles. The first-order chi connectivity index (χ1) is 5.18. The number of carbonyl (C=O) groups excluding carboxylic acids is 1. The van der Waals surface area contributed by atoms with E-state index in [-0.39, 0.29) is 23.9 Å². The van der Waals surface area contributed by atoms with Gasteiger partial charge in [-0.25, -0.2) is 0 Å². The maximum Gasteiger partial charge on any atom is 0.134 e. The van der Waals surface area contributed by atoms with E-state index in [9.17, 15) is 4.79 Å². The van der Waals surface area contributed by atoms with Crippen molar-refractivity contribution in [3.05, 3.63) is 29.8 Å². The molecule has 12 heavy (non-hydrogen) atoms. The van der Waals surface area contributed by atoms with Gasteiger partial charge in [-0.3, -0.25) is 4.79 Å². The number of carbonyl (C=O) groups is 1. The number of ketones is 1. The highest BCUT2D eigenvalue weighted by Crippen LogP contribution is 2.09. The van der Waals surface area contributed by atoms with E-state index in [4.69, 9.17) is 5.11 Å². The van der Waals surface area contributed by atoms with Crippen LogP contribution in [0.25, 0.3) is 0 Å². The van der Waals surface area contributed by atoms with E-state index in [1.165, 1.54) is 0 Å². The molecule has 0 unspecified atom stereocenters. The number of rotatable bonds is 2. The molecule has 1 aromatic carbocycles. The summed E-state index contributed by atoms with van der Waals surface area (Å²) in [4.78, 5) is 10.6. The Kier molecular flexibility index (Phi) is 4.37. The van der Waals surface area contributed by atoms with Gasteiger partial charge in [-0.1, -0.05) is 12.1 Å². The van der Waals surface area contributed by atoms with Gasteiger partial charge in [0.25, 0.3) is 0 Å². The van der Waals surface area contributed by atoms with Crippen LogP contribution in [-0.2, 0) is 11.2 Å². The molecule has 1 rings (SSSR count). The van der Waals surface area contributed by atoms with Gasteiger partial charge >= 0.3 is 0 Å². The van der Waals surface area contributed by atoms with Crippen molar-refractivity contribution in [3.8, 4) is 5.75 Å². The molecule has 0 aliphatic rings. The van der Waals surface area contributed by atoms with Crippen molar-refractivity contribution in [2.75, 3.05) is 0 Å². The number of aromatic hydroxyl groups is 1. The summed E-state index contributed by atoms with van der Waals surface area (Å²) in [7, 11) is 0. The second-order valence-corrected chi connectivity index (χ2v) is 2.55. The molecule has 0 atom stereocenters. The zero-order valence-electron chi connectivity index (χ0n) is 6.78. The Morgan fingerprint density at radius 1 is 1.33 bits per heavy atom. The van der Waals surface area contributed by atoms with Gasteiger partial charge in [-0.2, -0.15) is 0 Å². The molecule has 0 radical (unpaired) electrons. The van der Waals surface area contributed by atoms with Gasteiger partial charge in [0.05, 0.1) is 0 Å². The van der Waals surface area contributed by atoms with E-state index in [0.29, 0.717) is 6.42 Å². The number of hydrogen-bond acceptors (Lipinski definition) is 2. The Labute approximate surface area is 77.6 Å². The van der Waals surface area contributed by atoms with Gasteiger partial charge < -0.3 is 5.11 Å². The van der Waals surface area contributed by atoms with E-state index in [1.54, 1.807) is 31.2 Å². The first kappa shape index (κ1) is 11.0. The van der Waals surface area contributed by atoms with Crippen LogP contribution >= 0.6 is 12.4 Å². The fourth-order valence-corrected chi connectivity index (χ4v) is 0.901. The zero-order valence-corrected chi connectivity index (χ0v) is 7.60. The van der Waals surface area contributed by atoms with E-state index in [1.807, 2.05) is 0 Å². The molecule has 0 amide bonds. The van der Waals surface area contributed by atoms with Gasteiger partial charge in [-0.05, 0) is 24.6 Å². The zero-order chi connectivity index (χ0) is 8.27. The molecule has 0 aliphatic carbocycles. The molecule has 0 spiro atoms. The van der Waals surface area contributed by atoms with E-state index in [2.05, 4.69) is 0 Å². The van der Waals surface area contributed by atoms with Crippen LogP contribution in [0, 0.1) is 0 Å². The maximum absolute atomic E-state index is 10.6. The fraction of sp³-hybridized carbons (Fsp3) is 0.222. The van der Waals surface area contributed by atoms with Gasteiger partial charge in [-0.15, -0.1) is 12.4 Å². The molecule has 3 heteroatoms. The molecule has 1 N–H and O–H groups in total. The van der Waals surface area contributed by atoms with Crippen LogP contribution in [0.15, 0.2) is 24.3 Å². The smallest absolute Gasteiger partial charge is 0.134 e. The van der Waals surface area contributed by atoms with Crippen LogP contribution in [0.1, 0.15) is 12.5 Å². The van der Waals surface area contributed by atoms with Crippen LogP contribution in [0.4, 0.5) is 0 Å². The second-order valence-electron chi connectivity index (χ2n) is 2.55. The summed E-state index contributed by atoms with van der Waals surface area (Å²) in [5.74, 6) is 0.369. The normalized spacial score (nSPS) is 8.75. The highest BCUT2D eigenvalue weighted by molar-refractivity contribution is 5.85. The third-order valence-corrected chi connectivity index (χ3v) is 1.39. The Morgan fingerprint density at radius 3 is 2.25 bits per heavy atom. The lowest BCUT2D eigenvalue weighted by molar-refractivity contribution is -0.116. The molecule has 0 fully saturated rings. The summed E-state index contributed by atoms with van der Waals surface area (Å²) in [5, 5.41) is 8.91. The van der Waals surface area contributed by atoms with Gasteiger partial charge in [0.1, 0.15) is 11.5 Å². The molecule has 0 aliphatic heterocycles. The Morgan fingerprint density at radius 2 is 1.83 bits per heavy atom. The summed E-state index contributed by atoms with van der Waals surface area (Å²) in [5.41, 5.74) is 0.940. The van der Waals surface area contributed by atoms with E-state index >= 15 is 0 Å². The third kappa shape index (κ3) is 3.39. The molecule has 66 valence electrons. The predicted octanol–water partition coefficient (Wildman–Crippen LogP) is 1.95. The summed E-state index contributed by atoms with van der Waals surface area (Å²) in [6.07, 6.45) is 0.445. The van der Waals surface area contributed by atoms with Crippen LogP contribution < -0.4 is 0 Å². The van der Waals surface area contributed by atoms with E-state index in [0.717, 1.165) is 5.56 Å². The predicted molar refractivity (Wildman–Crippen MR) is 49.7 cm³/mol. The monoisotopic (exact) mass is 186 g/mol. The first-order valence-corrected chi connectivity index (χ1v) is 3.46. The molecule has 1 aromatic rings. The number of Topliss-reactive ketones (excluding diaryl/α,β-unsaturated/α-hetero) is 1. The Balaban J connectivity index is 0.00000121. The van der Waals surface area contributed by atoms with Crippen LogP contribution in [0.5, 0.6) is 5.75 Å². The van der Waals surface area contributed by atoms with Crippen LogP contribution in [0.2, 0.25) is 0 Å². The molecular formula is C9H11ClO2. The minimum atomic E-state index is 0. The topological polar surface area (TPSA) is 37.3 Å². The summed E-state index contributed by atoms with van der Waals surface area (Å²) in [6, 6.07) is 6.66. The fourth-order valence-electron chi connectivity index (χ4n) is 0.901. The number of benzene rings is 1. The van der Waals surface area contributed by atoms with Crippen molar-refractivity contribution in [1.29, 1.82) is 0 Å². The Bertz CT molecular complexity index is 254. The second kappa shape index (κ2) is 4.78. The molecule has 0 aromatic heterocycles. The highest BCUT2D eigenvalue weighted by atomic mass is 35.5. The third-order valence-electron chi connectivity index (χ3n) is 1.39. The quantitative estimate of drug-likeness (QED) is 0.767. The van der Waals surface area contributed by atoms with Gasteiger partial charge in [0.15, 0.2) is 0 Å². The summed E-state index contributed by atoms with van der Waals surface area (Å²) in [6.45, 7) is 1.55.